The van der Waals surface area contributed by atoms with Crippen LogP contribution in [0.25, 0.3) is 76.8 Å². The zero-order valence-corrected chi connectivity index (χ0v) is 42.6. The number of nitrogens with two attached hydrogens (primary N) is 1. The van der Waals surface area contributed by atoms with Gasteiger partial charge in [0.15, 0.2) is 5.84 Å². The van der Waals surface area contributed by atoms with E-state index >= 15 is 0 Å². The van der Waals surface area contributed by atoms with Crippen LogP contribution >= 0.6 is 0 Å². The summed E-state index contributed by atoms with van der Waals surface area (Å²) in [5.74, 6) is 0.447. The lowest BCUT2D eigenvalue weighted by Gasteiger charge is -2.32. The quantitative estimate of drug-likeness (QED) is 0.0644. The van der Waals surface area contributed by atoms with Gasteiger partial charge in [-0.25, -0.2) is 4.99 Å². The summed E-state index contributed by atoms with van der Waals surface area (Å²) in [5, 5.41) is 15.8. The standard InChI is InChI=1S/C58H41N3.C14H16/c1-3-16-51-41(4-2)45-23-10-12-27-52(45)58(51)53-28-13-11-24-46(53)47-31-30-39(35-54(47)58)42-25-15-26-48-43-21-8-9-22-44(43)50-34-38(29-32-49(50)55(42)48)37-19-14-20-40(33-37)57(60)61-56(59)36-17-6-5-7-18-36;1-4-6-13(7-5-2)14-10-8-12(3)9-11-14/h3-35H,2H2,1H3,(H3,59,60,61);4-11H,1H2,2-3H3/b16-3-;7-5-,13-6+. The van der Waals surface area contributed by atoms with Crippen LogP contribution in [0.3, 0.4) is 0 Å². The van der Waals surface area contributed by atoms with Gasteiger partial charge < -0.3 is 5.73 Å². The van der Waals surface area contributed by atoms with Gasteiger partial charge in [0.25, 0.3) is 0 Å². The first-order valence-electron chi connectivity index (χ1n) is 25.6. The van der Waals surface area contributed by atoms with Crippen LogP contribution in [0.5, 0.6) is 0 Å². The molecule has 10 aromatic carbocycles. The molecule has 1 unspecified atom stereocenters. The third-order valence-corrected chi connectivity index (χ3v) is 14.9. The molecule has 0 bridgehead atoms. The van der Waals surface area contributed by atoms with E-state index < -0.39 is 5.41 Å². The lowest BCUT2D eigenvalue weighted by atomic mass is 9.69. The molecule has 2 aliphatic carbocycles. The van der Waals surface area contributed by atoms with Crippen molar-refractivity contribution in [2.75, 3.05) is 0 Å². The zero-order valence-electron chi connectivity index (χ0n) is 42.6. The topological polar surface area (TPSA) is 62.2 Å². The molecular weight excluding hydrogens is 907 g/mol. The fraction of sp³-hybridized carbons (Fsp3) is 0.0556. The van der Waals surface area contributed by atoms with Gasteiger partial charge in [-0.3, -0.25) is 5.41 Å². The van der Waals surface area contributed by atoms with Crippen LogP contribution in [0.4, 0.5) is 0 Å². The molecule has 0 saturated carbocycles. The minimum Gasteiger partial charge on any atom is -0.383 e. The summed E-state index contributed by atoms with van der Waals surface area (Å²) in [4.78, 5) is 4.47. The van der Waals surface area contributed by atoms with E-state index in [-0.39, 0.29) is 5.84 Å². The predicted molar refractivity (Wildman–Crippen MR) is 322 cm³/mol. The largest absolute Gasteiger partial charge is 0.383 e. The van der Waals surface area contributed by atoms with Gasteiger partial charge in [0, 0.05) is 11.1 Å². The zero-order chi connectivity index (χ0) is 51.6. The Bertz CT molecular complexity index is 4080. The molecule has 2 aliphatic rings. The van der Waals surface area contributed by atoms with Crippen molar-refractivity contribution in [1.29, 1.82) is 5.41 Å². The monoisotopic (exact) mass is 963 g/mol. The number of aliphatic imine (C=N–C) groups is 1. The average Bonchev–Trinajstić information content (AvgIpc) is 4.11. The summed E-state index contributed by atoms with van der Waals surface area (Å²) >= 11 is 0. The summed E-state index contributed by atoms with van der Waals surface area (Å²) < 4.78 is 0. The Hall–Kier alpha value is -9.44. The lowest BCUT2D eigenvalue weighted by Crippen LogP contribution is -2.26. The number of amidine groups is 2. The van der Waals surface area contributed by atoms with Crippen LogP contribution in [0.15, 0.2) is 273 Å². The van der Waals surface area contributed by atoms with Crippen LogP contribution in [0, 0.1) is 12.3 Å². The second-order valence-electron chi connectivity index (χ2n) is 19.2. The van der Waals surface area contributed by atoms with Crippen molar-refractivity contribution in [2.45, 2.75) is 26.2 Å². The van der Waals surface area contributed by atoms with Crippen molar-refractivity contribution in [3.8, 4) is 33.4 Å². The average molecular weight is 964 g/mol. The second kappa shape index (κ2) is 20.2. The van der Waals surface area contributed by atoms with Gasteiger partial charge in [0.05, 0.1) is 5.41 Å². The van der Waals surface area contributed by atoms with Gasteiger partial charge in [0.1, 0.15) is 5.84 Å². The fourth-order valence-electron chi connectivity index (χ4n) is 11.6. The summed E-state index contributed by atoms with van der Waals surface area (Å²) in [6.07, 6.45) is 14.5. The van der Waals surface area contributed by atoms with E-state index in [1.54, 1.807) is 0 Å². The number of hydrogen-bond acceptors (Lipinski definition) is 1. The predicted octanol–water partition coefficient (Wildman–Crippen LogP) is 18.2. The Morgan fingerprint density at radius 3 is 1.84 bits per heavy atom. The van der Waals surface area contributed by atoms with E-state index in [4.69, 9.17) is 11.1 Å². The van der Waals surface area contributed by atoms with Crippen LogP contribution in [-0.4, -0.2) is 11.7 Å². The molecule has 0 aromatic heterocycles. The number of fused-ring (bicyclic) bond motifs is 13. The normalized spacial score (nSPS) is 14.9. The Kier molecular flexibility index (Phi) is 12.9. The smallest absolute Gasteiger partial charge is 0.154 e. The third-order valence-electron chi connectivity index (χ3n) is 14.9. The minimum absolute atomic E-state index is 0.135. The molecule has 1 spiro atoms. The van der Waals surface area contributed by atoms with Gasteiger partial charge in [-0.15, -0.1) is 0 Å². The first kappa shape index (κ1) is 47.9. The van der Waals surface area contributed by atoms with Crippen LogP contribution in [0.2, 0.25) is 0 Å². The van der Waals surface area contributed by atoms with Crippen molar-refractivity contribution in [3.63, 3.8) is 0 Å². The molecule has 0 heterocycles. The Labute approximate surface area is 440 Å². The summed E-state index contributed by atoms with van der Waals surface area (Å²) in [6.45, 7) is 14.3. The van der Waals surface area contributed by atoms with E-state index in [1.807, 2.05) is 73.7 Å². The maximum absolute atomic E-state index is 8.54. The van der Waals surface area contributed by atoms with Crippen LogP contribution < -0.4 is 5.73 Å². The summed E-state index contributed by atoms with van der Waals surface area (Å²) in [5.41, 5.74) is 25.9. The third kappa shape index (κ3) is 8.29. The highest BCUT2D eigenvalue weighted by Gasteiger charge is 2.51. The van der Waals surface area contributed by atoms with Gasteiger partial charge in [-0.1, -0.05) is 249 Å². The van der Waals surface area contributed by atoms with Gasteiger partial charge in [-0.05, 0) is 149 Å². The number of nitrogens with zero attached hydrogens (tertiary/aromatic N) is 1. The Morgan fingerprint density at radius 2 is 1.11 bits per heavy atom. The van der Waals surface area contributed by atoms with E-state index in [9.17, 15) is 0 Å². The minimum atomic E-state index is -0.479. The molecule has 3 nitrogen and oxygen atoms in total. The van der Waals surface area contributed by atoms with Crippen molar-refractivity contribution in [1.82, 2.24) is 0 Å². The van der Waals surface area contributed by atoms with E-state index in [1.165, 1.54) is 105 Å². The molecule has 0 radical (unpaired) electrons. The first-order valence-corrected chi connectivity index (χ1v) is 25.6. The van der Waals surface area contributed by atoms with E-state index in [0.717, 1.165) is 22.3 Å². The Morgan fingerprint density at radius 1 is 0.507 bits per heavy atom. The van der Waals surface area contributed by atoms with Crippen molar-refractivity contribution in [2.24, 2.45) is 10.7 Å². The first-order chi connectivity index (χ1) is 36.8. The Balaban J connectivity index is 0.000000375. The second-order valence-corrected chi connectivity index (χ2v) is 19.2. The van der Waals surface area contributed by atoms with Crippen molar-refractivity contribution in [3.05, 3.63) is 312 Å². The molecule has 3 heteroatoms. The van der Waals surface area contributed by atoms with Gasteiger partial charge >= 0.3 is 0 Å². The highest BCUT2D eigenvalue weighted by molar-refractivity contribution is 6.29. The SMILES string of the molecule is C=C/C=C(\C=C/C)c1ccc(C)cc1.C=CC1=C(/C=C\C)C2(c3ccccc31)c1ccccc1-c1ccc(-c3cccc4c5ccccc5c5cc(-c6cccc(C(N)=NC(=N)c7ccccc7)c6)ccc5c34)cc12. The highest BCUT2D eigenvalue weighted by atomic mass is 14.9. The molecule has 75 heavy (non-hydrogen) atoms. The van der Waals surface area contributed by atoms with E-state index in [0.29, 0.717) is 5.84 Å². The van der Waals surface area contributed by atoms with E-state index in [2.05, 4.69) is 214 Å². The molecule has 0 saturated heterocycles. The molecule has 360 valence electrons. The molecule has 1 atom stereocenters. The number of allylic oxidation sites excluding steroid dienone is 10. The number of benzene rings is 10. The molecule has 0 fully saturated rings. The molecule has 0 aliphatic heterocycles. The summed E-state index contributed by atoms with van der Waals surface area (Å²) in [6, 6.07) is 73.5. The number of hydrogen-bond donors (Lipinski definition) is 2. The van der Waals surface area contributed by atoms with Gasteiger partial charge in [0.2, 0.25) is 0 Å². The maximum Gasteiger partial charge on any atom is 0.154 e. The molecule has 3 N–H and O–H groups in total. The molecule has 0 amide bonds. The van der Waals surface area contributed by atoms with Crippen molar-refractivity contribution < 1.29 is 0 Å². The summed E-state index contributed by atoms with van der Waals surface area (Å²) in [7, 11) is 0. The maximum atomic E-state index is 8.54. The molecular formula is C72H57N3. The van der Waals surface area contributed by atoms with Gasteiger partial charge in [-0.2, -0.15) is 0 Å². The van der Waals surface area contributed by atoms with Crippen LogP contribution in [-0.2, 0) is 5.41 Å². The molecule has 10 aromatic rings. The molecule has 12 rings (SSSR count). The number of aryl methyl sites for hydroxylation is 1. The van der Waals surface area contributed by atoms with Crippen LogP contribution in [0.1, 0.15) is 58.4 Å². The van der Waals surface area contributed by atoms with Crippen molar-refractivity contribution >= 4 is 55.1 Å². The number of rotatable bonds is 9. The number of nitrogens with one attached hydrogen (secondary N) is 1. The fourth-order valence-corrected chi connectivity index (χ4v) is 11.6. The lowest BCUT2D eigenvalue weighted by molar-refractivity contribution is 0.786. The highest BCUT2D eigenvalue weighted by Crippen LogP contribution is 2.63.